The lowest BCUT2D eigenvalue weighted by Crippen LogP contribution is -3.07. The molecule has 3 aromatic rings. The lowest BCUT2D eigenvalue weighted by atomic mass is 10.1. The molecule has 0 bridgehead atoms. The molecule has 4 nitrogen and oxygen atoms in total. The van der Waals surface area contributed by atoms with Gasteiger partial charge in [-0.15, -0.1) is 11.3 Å². The molecule has 0 aliphatic carbocycles. The first-order chi connectivity index (χ1) is 12.6. The Balaban J connectivity index is 1.54. The average molecular weight is 390 g/mol. The number of quaternary nitrogens is 1. The summed E-state index contributed by atoms with van der Waals surface area (Å²) in [5.41, 5.74) is 2.22. The number of thiazole rings is 1. The fourth-order valence-corrected chi connectivity index (χ4v) is 4.55. The quantitative estimate of drug-likeness (QED) is 0.735. The third kappa shape index (κ3) is 3.52. The fourth-order valence-electron chi connectivity index (χ4n) is 3.15. The monoisotopic (exact) mass is 389 g/mol. The SMILES string of the molecule is C[C@@H](c1nc2ccccc2s1)[NH+](C)Cc1cc(Cl)c2c(c1)OCCCO2. The molecule has 0 radical (unpaired) electrons. The zero-order chi connectivity index (χ0) is 18.1. The second kappa shape index (κ2) is 7.43. The van der Waals surface area contributed by atoms with Gasteiger partial charge in [-0.25, -0.2) is 4.98 Å². The van der Waals surface area contributed by atoms with Gasteiger partial charge in [0.15, 0.2) is 16.5 Å². The number of ether oxygens (including phenoxy) is 2. The molecule has 4 rings (SSSR count). The number of halogens is 1. The Bertz CT molecular complexity index is 894. The van der Waals surface area contributed by atoms with Gasteiger partial charge >= 0.3 is 0 Å². The predicted molar refractivity (Wildman–Crippen MR) is 106 cm³/mol. The number of benzene rings is 2. The van der Waals surface area contributed by atoms with Crippen molar-refractivity contribution in [2.75, 3.05) is 20.3 Å². The lowest BCUT2D eigenvalue weighted by Gasteiger charge is -2.21. The number of hydrogen-bond acceptors (Lipinski definition) is 4. The Hall–Kier alpha value is -1.82. The molecule has 0 fully saturated rings. The molecular weight excluding hydrogens is 368 g/mol. The molecule has 0 spiro atoms. The Morgan fingerprint density at radius 1 is 1.23 bits per heavy atom. The van der Waals surface area contributed by atoms with Crippen LogP contribution in [-0.2, 0) is 6.54 Å². The maximum atomic E-state index is 6.43. The minimum absolute atomic E-state index is 0.294. The van der Waals surface area contributed by atoms with Gasteiger partial charge in [0, 0.05) is 12.0 Å². The first kappa shape index (κ1) is 17.6. The number of aromatic nitrogens is 1. The van der Waals surface area contributed by atoms with Crippen molar-refractivity contribution in [1.82, 2.24) is 4.98 Å². The highest BCUT2D eigenvalue weighted by molar-refractivity contribution is 7.18. The van der Waals surface area contributed by atoms with E-state index in [0.29, 0.717) is 30.0 Å². The highest BCUT2D eigenvalue weighted by Crippen LogP contribution is 2.38. The van der Waals surface area contributed by atoms with Crippen LogP contribution in [0, 0.1) is 0 Å². The molecule has 26 heavy (non-hydrogen) atoms. The maximum absolute atomic E-state index is 6.43. The molecule has 6 heteroatoms. The van der Waals surface area contributed by atoms with Crippen LogP contribution in [0.15, 0.2) is 36.4 Å². The van der Waals surface area contributed by atoms with Gasteiger partial charge < -0.3 is 14.4 Å². The maximum Gasteiger partial charge on any atom is 0.179 e. The van der Waals surface area contributed by atoms with E-state index in [2.05, 4.69) is 38.2 Å². The Kier molecular flexibility index (Phi) is 5.02. The van der Waals surface area contributed by atoms with Gasteiger partial charge in [-0.1, -0.05) is 23.7 Å². The van der Waals surface area contributed by atoms with E-state index >= 15 is 0 Å². The Labute approximate surface area is 162 Å². The molecular formula is C20H22ClN2O2S+. The van der Waals surface area contributed by atoms with Crippen LogP contribution in [0.3, 0.4) is 0 Å². The van der Waals surface area contributed by atoms with Crippen molar-refractivity contribution in [3.63, 3.8) is 0 Å². The van der Waals surface area contributed by atoms with E-state index in [1.807, 2.05) is 12.1 Å². The van der Waals surface area contributed by atoms with Crippen LogP contribution in [0.25, 0.3) is 10.2 Å². The number of fused-ring (bicyclic) bond motifs is 2. The standard InChI is InChI=1S/C20H21ClN2O2S/c1-13(20-22-16-6-3-4-7-18(16)26-20)23(2)12-14-10-15(21)19-17(11-14)24-8-5-9-25-19/h3-4,6-7,10-11,13H,5,8-9,12H2,1-2H3/p+1/t13-/m0/s1. The summed E-state index contributed by atoms with van der Waals surface area (Å²) in [6, 6.07) is 12.6. The summed E-state index contributed by atoms with van der Waals surface area (Å²) >= 11 is 8.20. The van der Waals surface area contributed by atoms with Crippen LogP contribution in [0.4, 0.5) is 0 Å². The van der Waals surface area contributed by atoms with E-state index in [4.69, 9.17) is 26.1 Å². The minimum atomic E-state index is 0.294. The number of nitrogens with zero attached hydrogens (tertiary/aromatic N) is 1. The van der Waals surface area contributed by atoms with Crippen LogP contribution in [0.2, 0.25) is 5.02 Å². The van der Waals surface area contributed by atoms with E-state index in [1.165, 1.54) is 9.60 Å². The van der Waals surface area contributed by atoms with Crippen LogP contribution >= 0.6 is 22.9 Å². The van der Waals surface area contributed by atoms with Gasteiger partial charge in [0.2, 0.25) is 0 Å². The summed E-state index contributed by atoms with van der Waals surface area (Å²) in [6.07, 6.45) is 0.875. The predicted octanol–water partition coefficient (Wildman–Crippen LogP) is 3.89. The minimum Gasteiger partial charge on any atom is -0.489 e. The van der Waals surface area contributed by atoms with Crippen molar-refractivity contribution in [3.8, 4) is 11.5 Å². The normalized spacial score (nSPS) is 16.3. The first-order valence-corrected chi connectivity index (χ1v) is 10.1. The summed E-state index contributed by atoms with van der Waals surface area (Å²) in [4.78, 5) is 6.16. The van der Waals surface area contributed by atoms with Crippen molar-refractivity contribution in [1.29, 1.82) is 0 Å². The summed E-state index contributed by atoms with van der Waals surface area (Å²) in [5.74, 6) is 1.43. The number of hydrogen-bond donors (Lipinski definition) is 1. The molecule has 2 aromatic carbocycles. The molecule has 1 unspecified atom stereocenters. The third-order valence-corrected chi connectivity index (χ3v) is 6.26. The van der Waals surface area contributed by atoms with Crippen molar-refractivity contribution in [2.45, 2.75) is 25.9 Å². The smallest absolute Gasteiger partial charge is 0.179 e. The molecule has 2 heterocycles. The van der Waals surface area contributed by atoms with Crippen molar-refractivity contribution in [2.24, 2.45) is 0 Å². The van der Waals surface area contributed by atoms with Crippen molar-refractivity contribution in [3.05, 3.63) is 52.0 Å². The summed E-state index contributed by atoms with van der Waals surface area (Å²) in [7, 11) is 2.19. The van der Waals surface area contributed by atoms with Crippen molar-refractivity contribution >= 4 is 33.2 Å². The van der Waals surface area contributed by atoms with Gasteiger partial charge in [-0.3, -0.25) is 0 Å². The molecule has 2 atom stereocenters. The van der Waals surface area contributed by atoms with E-state index in [1.54, 1.807) is 11.3 Å². The van der Waals surface area contributed by atoms with Crippen LogP contribution in [0.5, 0.6) is 11.5 Å². The van der Waals surface area contributed by atoms with Crippen LogP contribution in [0.1, 0.15) is 30.0 Å². The Morgan fingerprint density at radius 2 is 2.04 bits per heavy atom. The molecule has 1 aromatic heterocycles. The van der Waals surface area contributed by atoms with Crippen LogP contribution in [-0.4, -0.2) is 25.2 Å². The van der Waals surface area contributed by atoms with Gasteiger partial charge in [-0.2, -0.15) is 0 Å². The van der Waals surface area contributed by atoms with E-state index in [9.17, 15) is 0 Å². The third-order valence-electron chi connectivity index (χ3n) is 4.76. The zero-order valence-electron chi connectivity index (χ0n) is 14.9. The highest BCUT2D eigenvalue weighted by atomic mass is 35.5. The summed E-state index contributed by atoms with van der Waals surface area (Å²) in [6.45, 7) is 4.37. The van der Waals surface area contributed by atoms with Gasteiger partial charge in [-0.05, 0) is 31.2 Å². The molecule has 1 N–H and O–H groups in total. The molecule has 136 valence electrons. The van der Waals surface area contributed by atoms with E-state index < -0.39 is 0 Å². The molecule has 1 aliphatic rings. The second-order valence-corrected chi connectivity index (χ2v) is 8.19. The van der Waals surface area contributed by atoms with Gasteiger partial charge in [0.25, 0.3) is 0 Å². The molecule has 0 saturated carbocycles. The van der Waals surface area contributed by atoms with Crippen molar-refractivity contribution < 1.29 is 14.4 Å². The second-order valence-electron chi connectivity index (χ2n) is 6.72. The number of nitrogens with one attached hydrogen (secondary N) is 1. The molecule has 1 aliphatic heterocycles. The van der Waals surface area contributed by atoms with Gasteiger partial charge in [0.1, 0.15) is 12.6 Å². The topological polar surface area (TPSA) is 35.8 Å². The zero-order valence-corrected chi connectivity index (χ0v) is 16.5. The summed E-state index contributed by atoms with van der Waals surface area (Å²) < 4.78 is 12.8. The number of rotatable bonds is 4. The van der Waals surface area contributed by atoms with E-state index in [0.717, 1.165) is 34.8 Å². The largest absolute Gasteiger partial charge is 0.489 e. The van der Waals surface area contributed by atoms with Crippen LogP contribution < -0.4 is 14.4 Å². The Morgan fingerprint density at radius 3 is 2.88 bits per heavy atom. The first-order valence-electron chi connectivity index (χ1n) is 8.87. The van der Waals surface area contributed by atoms with E-state index in [-0.39, 0.29) is 0 Å². The average Bonchev–Trinajstić information content (AvgIpc) is 2.92. The molecule has 0 saturated heterocycles. The number of para-hydroxylation sites is 1. The summed E-state index contributed by atoms with van der Waals surface area (Å²) in [5, 5.41) is 1.78. The fraction of sp³-hybridized carbons (Fsp3) is 0.350. The lowest BCUT2D eigenvalue weighted by molar-refractivity contribution is -0.923. The van der Waals surface area contributed by atoms with Gasteiger partial charge in [0.05, 0.1) is 35.5 Å². The highest BCUT2D eigenvalue weighted by Gasteiger charge is 2.22. The molecule has 0 amide bonds.